The highest BCUT2D eigenvalue weighted by Gasteiger charge is 2.39. The van der Waals surface area contributed by atoms with Crippen LogP contribution < -0.4 is 10.4 Å². The van der Waals surface area contributed by atoms with Gasteiger partial charge in [-0.25, -0.2) is 13.9 Å². The summed E-state index contributed by atoms with van der Waals surface area (Å²) in [6.07, 6.45) is 5.27. The molecular weight excluding hydrogens is 483 g/mol. The first-order valence-corrected chi connectivity index (χ1v) is 11.9. The van der Waals surface area contributed by atoms with E-state index in [-0.39, 0.29) is 18.8 Å². The number of cyclic esters (lactones) is 1. The number of anilines is 1. The molecule has 3 aliphatic heterocycles. The molecule has 192 valence electrons. The van der Waals surface area contributed by atoms with Crippen LogP contribution in [0.4, 0.5) is 14.9 Å². The number of aromatic nitrogens is 4. The van der Waals surface area contributed by atoms with Gasteiger partial charge in [-0.05, 0) is 44.2 Å². The summed E-state index contributed by atoms with van der Waals surface area (Å²) in [6, 6.07) is 8.22. The van der Waals surface area contributed by atoms with E-state index in [9.17, 15) is 4.79 Å². The van der Waals surface area contributed by atoms with Crippen LogP contribution >= 0.6 is 0 Å². The van der Waals surface area contributed by atoms with Crippen LogP contribution in [0.1, 0.15) is 19.5 Å². The summed E-state index contributed by atoms with van der Waals surface area (Å²) >= 11 is 0. The molecule has 0 bridgehead atoms. The van der Waals surface area contributed by atoms with Crippen molar-refractivity contribution in [2.24, 2.45) is 0 Å². The quantitative estimate of drug-likeness (QED) is 0.537. The number of hydrogen-bond acceptors (Lipinski definition) is 9. The minimum atomic E-state index is -0.640. The number of nitrogens with one attached hydrogen (secondary N) is 1. The second-order valence-corrected chi connectivity index (χ2v) is 9.47. The van der Waals surface area contributed by atoms with Gasteiger partial charge >= 0.3 is 6.09 Å². The van der Waals surface area contributed by atoms with Crippen LogP contribution in [-0.2, 0) is 25.6 Å². The maximum absolute atomic E-state index is 15.1. The third kappa shape index (κ3) is 4.78. The van der Waals surface area contributed by atoms with E-state index in [1.807, 2.05) is 19.9 Å². The summed E-state index contributed by atoms with van der Waals surface area (Å²) in [5.74, 6) is -1.11. The maximum Gasteiger partial charge on any atom is 0.414 e. The van der Waals surface area contributed by atoms with E-state index in [2.05, 4.69) is 20.8 Å². The molecule has 2 saturated heterocycles. The first kappa shape index (κ1) is 23.5. The monoisotopic (exact) mass is 508 g/mol. The molecule has 1 N–H and O–H groups in total. The van der Waals surface area contributed by atoms with Crippen molar-refractivity contribution in [3.63, 3.8) is 0 Å². The molecule has 12 heteroatoms. The molecule has 0 saturated carbocycles. The highest BCUT2D eigenvalue weighted by atomic mass is 19.1. The van der Waals surface area contributed by atoms with Crippen LogP contribution in [-0.4, -0.2) is 63.3 Å². The molecule has 0 spiro atoms. The molecule has 3 aliphatic rings. The highest BCUT2D eigenvalue weighted by molar-refractivity contribution is 5.90. The van der Waals surface area contributed by atoms with Crippen LogP contribution in [0.25, 0.3) is 16.8 Å². The topological polar surface area (TPSA) is 113 Å². The van der Waals surface area contributed by atoms with Crippen LogP contribution in [0.3, 0.4) is 0 Å². The number of ether oxygens (including phenoxy) is 3. The Morgan fingerprint density at radius 2 is 2.14 bits per heavy atom. The van der Waals surface area contributed by atoms with Crippen LogP contribution in [0.15, 0.2) is 55.0 Å². The molecular formula is C25H25FN6O5. The Balaban J connectivity index is 1.13. The lowest BCUT2D eigenvalue weighted by Crippen LogP contribution is -2.31. The van der Waals surface area contributed by atoms with Crippen LogP contribution in [0.2, 0.25) is 0 Å². The molecule has 0 unspecified atom stereocenters. The number of benzene rings is 1. The summed E-state index contributed by atoms with van der Waals surface area (Å²) < 4.78 is 33.6. The SMILES string of the molecule is CC1(C)OC[C@@H]([C@@H]2C=C(c3ccc(-c4ccc(N5C[C@H](Cn6ccnn6)OC5=O)cc4F)cn3)NO2)O1. The Labute approximate surface area is 211 Å². The van der Waals surface area contributed by atoms with Gasteiger partial charge in [0.1, 0.15) is 24.1 Å². The molecule has 11 nitrogen and oxygen atoms in total. The zero-order valence-corrected chi connectivity index (χ0v) is 20.2. The summed E-state index contributed by atoms with van der Waals surface area (Å²) in [6.45, 7) is 4.81. The lowest BCUT2D eigenvalue weighted by molar-refractivity contribution is -0.153. The number of hydroxylamine groups is 1. The molecule has 2 aromatic heterocycles. The van der Waals surface area contributed by atoms with Crippen molar-refractivity contribution in [1.82, 2.24) is 25.5 Å². The molecule has 0 aliphatic carbocycles. The van der Waals surface area contributed by atoms with E-state index in [4.69, 9.17) is 19.0 Å². The summed E-state index contributed by atoms with van der Waals surface area (Å²) in [7, 11) is 0. The Bertz CT molecular complexity index is 1330. The van der Waals surface area contributed by atoms with Crippen molar-refractivity contribution in [2.75, 3.05) is 18.1 Å². The Kier molecular flexibility index (Phi) is 5.86. The Morgan fingerprint density at radius 3 is 2.84 bits per heavy atom. The fraction of sp³-hybridized carbons (Fsp3) is 0.360. The summed E-state index contributed by atoms with van der Waals surface area (Å²) in [4.78, 5) is 23.9. The van der Waals surface area contributed by atoms with Crippen molar-refractivity contribution < 1.29 is 28.2 Å². The van der Waals surface area contributed by atoms with Gasteiger partial charge < -0.3 is 14.2 Å². The van der Waals surface area contributed by atoms with Gasteiger partial charge in [0.2, 0.25) is 0 Å². The van der Waals surface area contributed by atoms with E-state index in [0.29, 0.717) is 41.4 Å². The smallest absolute Gasteiger partial charge is 0.414 e. The van der Waals surface area contributed by atoms with Gasteiger partial charge in [-0.1, -0.05) is 11.3 Å². The average molecular weight is 509 g/mol. The van der Waals surface area contributed by atoms with Gasteiger partial charge in [0, 0.05) is 23.5 Å². The zero-order chi connectivity index (χ0) is 25.6. The second kappa shape index (κ2) is 9.21. The first-order valence-electron chi connectivity index (χ1n) is 11.9. The Hall–Kier alpha value is -3.87. The van der Waals surface area contributed by atoms with E-state index in [1.54, 1.807) is 47.5 Å². The van der Waals surface area contributed by atoms with E-state index >= 15 is 4.39 Å². The van der Waals surface area contributed by atoms with E-state index < -0.39 is 23.8 Å². The van der Waals surface area contributed by atoms with Gasteiger partial charge in [0.15, 0.2) is 5.79 Å². The molecule has 6 rings (SSSR count). The number of pyridine rings is 1. The number of carbonyl (C=O) groups is 1. The third-order valence-corrected chi connectivity index (χ3v) is 6.38. The number of carbonyl (C=O) groups excluding carboxylic acids is 1. The predicted octanol–water partition coefficient (Wildman–Crippen LogP) is 2.90. The fourth-order valence-corrected chi connectivity index (χ4v) is 4.55. The van der Waals surface area contributed by atoms with Gasteiger partial charge in [0.05, 0.1) is 43.0 Å². The molecule has 0 radical (unpaired) electrons. The molecule has 3 atom stereocenters. The molecule has 37 heavy (non-hydrogen) atoms. The standard InChI is InChI=1S/C25H25FN6O5/c1-25(2)34-14-23(36-25)22-10-21(29-37-22)20-6-3-15(11-27-20)18-5-4-16(9-19(18)26)32-13-17(35-24(32)33)12-31-8-7-28-30-31/h3-11,17,22-23,29H,12-14H2,1-2H3/t17-,22-,23-/m0/s1. The first-order chi connectivity index (χ1) is 17.8. The minimum absolute atomic E-state index is 0.224. The number of hydrogen-bond donors (Lipinski definition) is 1. The van der Waals surface area contributed by atoms with Gasteiger partial charge in [-0.2, -0.15) is 0 Å². The summed E-state index contributed by atoms with van der Waals surface area (Å²) in [5.41, 5.74) is 5.64. The van der Waals surface area contributed by atoms with Gasteiger partial charge in [-0.15, -0.1) is 5.10 Å². The zero-order valence-electron chi connectivity index (χ0n) is 20.2. The van der Waals surface area contributed by atoms with Crippen molar-refractivity contribution in [2.45, 2.75) is 44.5 Å². The van der Waals surface area contributed by atoms with Gasteiger partial charge in [-0.3, -0.25) is 20.2 Å². The lowest BCUT2D eigenvalue weighted by Gasteiger charge is -2.18. The van der Waals surface area contributed by atoms with Gasteiger partial charge in [0.25, 0.3) is 0 Å². The lowest BCUT2D eigenvalue weighted by atomic mass is 10.1. The van der Waals surface area contributed by atoms with Crippen molar-refractivity contribution in [3.8, 4) is 11.1 Å². The third-order valence-electron chi connectivity index (χ3n) is 6.38. The number of nitrogens with zero attached hydrogens (tertiary/aromatic N) is 5. The summed E-state index contributed by atoms with van der Waals surface area (Å²) in [5, 5.41) is 7.63. The Morgan fingerprint density at radius 1 is 1.24 bits per heavy atom. The van der Waals surface area contributed by atoms with Crippen molar-refractivity contribution in [1.29, 1.82) is 0 Å². The maximum atomic E-state index is 15.1. The molecule has 1 aromatic carbocycles. The van der Waals surface area contributed by atoms with E-state index in [0.717, 1.165) is 0 Å². The largest absolute Gasteiger partial charge is 0.442 e. The number of amides is 1. The normalized spacial score (nSPS) is 24.7. The highest BCUT2D eigenvalue weighted by Crippen LogP contribution is 2.31. The van der Waals surface area contributed by atoms with E-state index in [1.165, 1.54) is 11.0 Å². The fourth-order valence-electron chi connectivity index (χ4n) is 4.55. The van der Waals surface area contributed by atoms with Crippen LogP contribution in [0, 0.1) is 5.82 Å². The van der Waals surface area contributed by atoms with Crippen LogP contribution in [0.5, 0.6) is 0 Å². The number of rotatable bonds is 6. The molecule has 2 fully saturated rings. The number of halogens is 1. The molecule has 5 heterocycles. The predicted molar refractivity (Wildman–Crippen MR) is 128 cm³/mol. The molecule has 1 amide bonds. The van der Waals surface area contributed by atoms with Crippen molar-refractivity contribution >= 4 is 17.5 Å². The second-order valence-electron chi connectivity index (χ2n) is 9.47. The molecule has 3 aromatic rings. The van der Waals surface area contributed by atoms with Crippen molar-refractivity contribution in [3.05, 3.63) is 66.5 Å². The average Bonchev–Trinajstić information content (AvgIpc) is 3.67. The minimum Gasteiger partial charge on any atom is -0.442 e.